The van der Waals surface area contributed by atoms with Gasteiger partial charge in [0.2, 0.25) is 0 Å². The van der Waals surface area contributed by atoms with Crippen LogP contribution >= 0.6 is 24.0 Å². The molecule has 3 N–H and O–H groups in total. The summed E-state index contributed by atoms with van der Waals surface area (Å²) < 4.78 is 5.56. The molecule has 25 heavy (non-hydrogen) atoms. The quantitative estimate of drug-likeness (QED) is 0.423. The number of nitrogens with one attached hydrogen (secondary N) is 1. The van der Waals surface area contributed by atoms with Crippen LogP contribution in [0.2, 0.25) is 0 Å². The molecule has 0 bridgehead atoms. The number of guanidine groups is 1. The third-order valence-electron chi connectivity index (χ3n) is 3.85. The highest BCUT2D eigenvalue weighted by Gasteiger charge is 2.17. The van der Waals surface area contributed by atoms with E-state index in [1.165, 1.54) is 0 Å². The Hall–Kier alpha value is -1.87. The second kappa shape index (κ2) is 9.57. The van der Waals surface area contributed by atoms with Crippen LogP contribution < -0.4 is 16.0 Å². The van der Waals surface area contributed by atoms with Gasteiger partial charge in [0.15, 0.2) is 5.96 Å². The van der Waals surface area contributed by atoms with Crippen molar-refractivity contribution in [3.8, 4) is 0 Å². The third kappa shape index (κ3) is 5.86. The molecule has 2 heterocycles. The van der Waals surface area contributed by atoms with E-state index in [9.17, 15) is 0 Å². The zero-order valence-electron chi connectivity index (χ0n) is 14.3. The van der Waals surface area contributed by atoms with Crippen molar-refractivity contribution < 1.29 is 4.74 Å². The molecule has 7 heteroatoms. The number of pyridine rings is 1. The number of morpholine rings is 1. The van der Waals surface area contributed by atoms with Gasteiger partial charge >= 0.3 is 0 Å². The van der Waals surface area contributed by atoms with Crippen molar-refractivity contribution in [1.82, 2.24) is 4.98 Å². The van der Waals surface area contributed by atoms with Crippen molar-refractivity contribution in [2.75, 3.05) is 29.9 Å². The first-order chi connectivity index (χ1) is 11.7. The van der Waals surface area contributed by atoms with Gasteiger partial charge in [0.1, 0.15) is 5.82 Å². The second-order valence-corrected chi connectivity index (χ2v) is 5.84. The van der Waals surface area contributed by atoms with Crippen LogP contribution in [-0.4, -0.2) is 36.7 Å². The predicted octanol–water partition coefficient (Wildman–Crippen LogP) is 2.85. The Kier molecular flexibility index (Phi) is 7.45. The van der Waals surface area contributed by atoms with Gasteiger partial charge in [0.05, 0.1) is 19.3 Å². The molecule has 0 radical (unpaired) electrons. The van der Waals surface area contributed by atoms with Gasteiger partial charge in [-0.15, -0.1) is 24.0 Å². The number of anilines is 2. The van der Waals surface area contributed by atoms with Gasteiger partial charge in [0.25, 0.3) is 0 Å². The lowest BCUT2D eigenvalue weighted by Crippen LogP contribution is -2.41. The summed E-state index contributed by atoms with van der Waals surface area (Å²) in [6, 6.07) is 13.8. The van der Waals surface area contributed by atoms with Crippen LogP contribution in [0.5, 0.6) is 0 Å². The monoisotopic (exact) mass is 453 g/mol. The van der Waals surface area contributed by atoms with Crippen molar-refractivity contribution in [2.45, 2.75) is 19.6 Å². The molecule has 1 fully saturated rings. The molecule has 2 aromatic rings. The van der Waals surface area contributed by atoms with E-state index >= 15 is 0 Å². The normalized spacial score (nSPS) is 17.7. The molecule has 0 spiro atoms. The molecule has 6 nitrogen and oxygen atoms in total. The van der Waals surface area contributed by atoms with Gasteiger partial charge in [-0.1, -0.05) is 24.3 Å². The van der Waals surface area contributed by atoms with E-state index in [1.54, 1.807) is 0 Å². The molecule has 1 unspecified atom stereocenters. The smallest absolute Gasteiger partial charge is 0.193 e. The van der Waals surface area contributed by atoms with Crippen LogP contribution in [-0.2, 0) is 11.3 Å². The maximum Gasteiger partial charge on any atom is 0.193 e. The van der Waals surface area contributed by atoms with Gasteiger partial charge in [-0.25, -0.2) is 9.98 Å². The van der Waals surface area contributed by atoms with Gasteiger partial charge in [0, 0.05) is 25.0 Å². The molecule has 3 rings (SSSR count). The minimum Gasteiger partial charge on any atom is -0.375 e. The van der Waals surface area contributed by atoms with Crippen LogP contribution in [0.3, 0.4) is 0 Å². The largest absolute Gasteiger partial charge is 0.375 e. The van der Waals surface area contributed by atoms with Gasteiger partial charge in [-0.05, 0) is 30.7 Å². The Balaban J connectivity index is 0.00000225. The topological polar surface area (TPSA) is 75.8 Å². The zero-order chi connectivity index (χ0) is 16.8. The number of aliphatic imine (C=N–C) groups is 1. The minimum absolute atomic E-state index is 0. The highest BCUT2D eigenvalue weighted by molar-refractivity contribution is 14.0. The van der Waals surface area contributed by atoms with E-state index in [-0.39, 0.29) is 30.1 Å². The highest BCUT2D eigenvalue weighted by atomic mass is 127. The number of ether oxygens (including phenoxy) is 1. The van der Waals surface area contributed by atoms with Crippen LogP contribution in [0.1, 0.15) is 12.5 Å². The molecular formula is C18H24IN5O. The predicted molar refractivity (Wildman–Crippen MR) is 113 cm³/mol. The van der Waals surface area contributed by atoms with Gasteiger partial charge < -0.3 is 20.7 Å². The molecule has 1 aromatic heterocycles. The Morgan fingerprint density at radius 1 is 1.32 bits per heavy atom. The van der Waals surface area contributed by atoms with E-state index in [2.05, 4.69) is 27.1 Å². The fraction of sp³-hybridized carbons (Fsp3) is 0.333. The lowest BCUT2D eigenvalue weighted by Gasteiger charge is -2.32. The van der Waals surface area contributed by atoms with E-state index in [4.69, 9.17) is 10.5 Å². The SMILES string of the molecule is CC1CN(c2ccc(CN=C(N)Nc3ccccc3)cn2)CCO1.I. The Labute approximate surface area is 165 Å². The summed E-state index contributed by atoms with van der Waals surface area (Å²) in [6.45, 7) is 5.08. The zero-order valence-corrected chi connectivity index (χ0v) is 16.6. The first-order valence-corrected chi connectivity index (χ1v) is 8.14. The summed E-state index contributed by atoms with van der Waals surface area (Å²) in [6.07, 6.45) is 2.10. The molecule has 0 amide bonds. The number of rotatable bonds is 4. The summed E-state index contributed by atoms with van der Waals surface area (Å²) in [5.41, 5.74) is 7.86. The van der Waals surface area contributed by atoms with Crippen molar-refractivity contribution in [2.24, 2.45) is 10.7 Å². The molecule has 1 aliphatic rings. The van der Waals surface area contributed by atoms with E-state index < -0.39 is 0 Å². The van der Waals surface area contributed by atoms with Crippen LogP contribution in [0.25, 0.3) is 0 Å². The summed E-state index contributed by atoms with van der Waals surface area (Å²) in [5, 5.41) is 3.07. The fourth-order valence-electron chi connectivity index (χ4n) is 2.61. The Morgan fingerprint density at radius 2 is 2.12 bits per heavy atom. The molecule has 1 aromatic carbocycles. The average Bonchev–Trinajstić information content (AvgIpc) is 2.61. The first-order valence-electron chi connectivity index (χ1n) is 8.14. The van der Waals surface area contributed by atoms with Crippen molar-refractivity contribution in [3.05, 3.63) is 54.2 Å². The first kappa shape index (κ1) is 19.5. The summed E-state index contributed by atoms with van der Waals surface area (Å²) in [4.78, 5) is 11.1. The highest BCUT2D eigenvalue weighted by Crippen LogP contribution is 2.15. The number of aromatic nitrogens is 1. The second-order valence-electron chi connectivity index (χ2n) is 5.84. The third-order valence-corrected chi connectivity index (χ3v) is 3.85. The number of nitrogens with zero attached hydrogens (tertiary/aromatic N) is 3. The number of hydrogen-bond acceptors (Lipinski definition) is 4. The number of nitrogens with two attached hydrogens (primary N) is 1. The number of benzene rings is 1. The molecule has 0 aliphatic carbocycles. The van der Waals surface area contributed by atoms with E-state index in [0.717, 1.165) is 36.8 Å². The van der Waals surface area contributed by atoms with Crippen LogP contribution in [0.15, 0.2) is 53.7 Å². The van der Waals surface area contributed by atoms with Crippen LogP contribution in [0, 0.1) is 0 Å². The molecular weight excluding hydrogens is 429 g/mol. The number of halogens is 1. The van der Waals surface area contributed by atoms with Crippen LogP contribution in [0.4, 0.5) is 11.5 Å². The maximum atomic E-state index is 5.91. The molecule has 1 saturated heterocycles. The number of hydrogen-bond donors (Lipinski definition) is 2. The van der Waals surface area contributed by atoms with Crippen molar-refractivity contribution >= 4 is 41.4 Å². The van der Waals surface area contributed by atoms with Crippen molar-refractivity contribution in [3.63, 3.8) is 0 Å². The average molecular weight is 453 g/mol. The molecule has 134 valence electrons. The summed E-state index contributed by atoms with van der Waals surface area (Å²) in [7, 11) is 0. The Morgan fingerprint density at radius 3 is 2.80 bits per heavy atom. The minimum atomic E-state index is 0. The van der Waals surface area contributed by atoms with Gasteiger partial charge in [-0.2, -0.15) is 0 Å². The van der Waals surface area contributed by atoms with E-state index in [1.807, 2.05) is 48.7 Å². The maximum absolute atomic E-state index is 5.91. The lowest BCUT2D eigenvalue weighted by atomic mass is 10.2. The standard InChI is InChI=1S/C18H23N5O.HI/c1-14-13-23(9-10-24-14)17-8-7-15(11-20-17)12-21-18(19)22-16-5-3-2-4-6-16;/h2-8,11,14H,9-10,12-13H2,1H3,(H3,19,21,22);1H. The van der Waals surface area contributed by atoms with E-state index in [0.29, 0.717) is 12.5 Å². The fourth-order valence-corrected chi connectivity index (χ4v) is 2.61. The summed E-state index contributed by atoms with van der Waals surface area (Å²) >= 11 is 0. The van der Waals surface area contributed by atoms with Gasteiger partial charge in [-0.3, -0.25) is 0 Å². The summed E-state index contributed by atoms with van der Waals surface area (Å²) in [5.74, 6) is 1.38. The molecule has 1 atom stereocenters. The Bertz CT molecular complexity index is 678. The lowest BCUT2D eigenvalue weighted by molar-refractivity contribution is 0.0529. The molecule has 0 saturated carbocycles. The molecule has 1 aliphatic heterocycles. The van der Waals surface area contributed by atoms with Crippen molar-refractivity contribution in [1.29, 1.82) is 0 Å². The number of para-hydroxylation sites is 1.